The lowest BCUT2D eigenvalue weighted by Gasteiger charge is -2.31. The number of nitrogens with one attached hydrogen (secondary N) is 1. The Morgan fingerprint density at radius 2 is 1.94 bits per heavy atom. The number of nitrogens with two attached hydrogens (primary N) is 1. The first-order valence-electron chi connectivity index (χ1n) is 5.60. The van der Waals surface area contributed by atoms with Crippen molar-refractivity contribution in [2.45, 2.75) is 6.42 Å². The van der Waals surface area contributed by atoms with Crippen LogP contribution in [0.2, 0.25) is 0 Å². The summed E-state index contributed by atoms with van der Waals surface area (Å²) in [5.74, 6) is -0.343. The van der Waals surface area contributed by atoms with Gasteiger partial charge in [-0.15, -0.1) is 0 Å². The molecule has 3 N–H and O–H groups in total. The molecule has 0 bridgehead atoms. The van der Waals surface area contributed by atoms with Gasteiger partial charge in [-0.2, -0.15) is 0 Å². The standard InChI is InChI=1S/C12H18N4OS/c1-15(2)16(9-8-11(13)17)12(18)14-10-6-4-3-5-7-10/h3-7H,8-9H2,1-2H3,(H2,13,17)(H,14,18). The van der Waals surface area contributed by atoms with Crippen LogP contribution in [0.3, 0.4) is 0 Å². The smallest absolute Gasteiger partial charge is 0.219 e. The van der Waals surface area contributed by atoms with Gasteiger partial charge in [0.1, 0.15) is 0 Å². The molecular formula is C12H18N4OS. The van der Waals surface area contributed by atoms with E-state index in [1.807, 2.05) is 49.4 Å². The molecule has 0 fully saturated rings. The summed E-state index contributed by atoms with van der Waals surface area (Å²) in [4.78, 5) is 10.8. The predicted molar refractivity (Wildman–Crippen MR) is 76.9 cm³/mol. The summed E-state index contributed by atoms with van der Waals surface area (Å²) in [5.41, 5.74) is 6.06. The van der Waals surface area contributed by atoms with Gasteiger partial charge in [-0.05, 0) is 24.4 Å². The van der Waals surface area contributed by atoms with E-state index in [1.54, 1.807) is 5.01 Å². The number of carbonyl (C=O) groups is 1. The van der Waals surface area contributed by atoms with E-state index in [4.69, 9.17) is 18.0 Å². The van der Waals surface area contributed by atoms with Crippen LogP contribution in [0.25, 0.3) is 0 Å². The summed E-state index contributed by atoms with van der Waals surface area (Å²) >= 11 is 5.31. The van der Waals surface area contributed by atoms with Crippen LogP contribution in [0.15, 0.2) is 30.3 Å². The van der Waals surface area contributed by atoms with Crippen molar-refractivity contribution in [3.05, 3.63) is 30.3 Å². The van der Waals surface area contributed by atoms with Crippen molar-refractivity contribution in [3.63, 3.8) is 0 Å². The molecule has 0 radical (unpaired) electrons. The highest BCUT2D eigenvalue weighted by atomic mass is 32.1. The topological polar surface area (TPSA) is 61.6 Å². The lowest BCUT2D eigenvalue weighted by Crippen LogP contribution is -2.45. The van der Waals surface area contributed by atoms with Gasteiger partial charge >= 0.3 is 0 Å². The molecule has 0 heterocycles. The fourth-order valence-electron chi connectivity index (χ4n) is 1.41. The van der Waals surface area contributed by atoms with E-state index in [2.05, 4.69) is 5.32 Å². The number of hydrazine groups is 1. The molecule has 0 unspecified atom stereocenters. The van der Waals surface area contributed by atoms with E-state index in [1.165, 1.54) is 0 Å². The molecule has 18 heavy (non-hydrogen) atoms. The minimum Gasteiger partial charge on any atom is -0.370 e. The lowest BCUT2D eigenvalue weighted by atomic mass is 10.3. The van der Waals surface area contributed by atoms with Crippen molar-refractivity contribution < 1.29 is 4.79 Å². The highest BCUT2D eigenvalue weighted by Crippen LogP contribution is 2.07. The molecule has 0 aliphatic heterocycles. The van der Waals surface area contributed by atoms with E-state index >= 15 is 0 Å². The van der Waals surface area contributed by atoms with Crippen molar-refractivity contribution in [3.8, 4) is 0 Å². The third-order valence-electron chi connectivity index (χ3n) is 2.31. The maximum atomic E-state index is 10.8. The van der Waals surface area contributed by atoms with Gasteiger partial charge in [0.25, 0.3) is 0 Å². The first-order valence-corrected chi connectivity index (χ1v) is 6.00. The van der Waals surface area contributed by atoms with Gasteiger partial charge < -0.3 is 11.1 Å². The van der Waals surface area contributed by atoms with Crippen molar-refractivity contribution in [1.29, 1.82) is 0 Å². The van der Waals surface area contributed by atoms with Gasteiger partial charge in [-0.3, -0.25) is 9.80 Å². The van der Waals surface area contributed by atoms with Crippen LogP contribution in [-0.2, 0) is 4.79 Å². The van der Waals surface area contributed by atoms with Crippen molar-refractivity contribution >= 4 is 28.9 Å². The van der Waals surface area contributed by atoms with E-state index in [9.17, 15) is 4.79 Å². The number of benzene rings is 1. The highest BCUT2D eigenvalue weighted by Gasteiger charge is 2.12. The second kappa shape index (κ2) is 6.93. The van der Waals surface area contributed by atoms with Gasteiger partial charge in [0.05, 0.1) is 0 Å². The summed E-state index contributed by atoms with van der Waals surface area (Å²) in [6, 6.07) is 9.64. The largest absolute Gasteiger partial charge is 0.370 e. The van der Waals surface area contributed by atoms with Crippen LogP contribution in [0, 0.1) is 0 Å². The zero-order valence-electron chi connectivity index (χ0n) is 10.6. The summed E-state index contributed by atoms with van der Waals surface area (Å²) in [7, 11) is 3.72. The fourth-order valence-corrected chi connectivity index (χ4v) is 1.78. The van der Waals surface area contributed by atoms with Gasteiger partial charge in [-0.25, -0.2) is 5.01 Å². The summed E-state index contributed by atoms with van der Waals surface area (Å²) in [5, 5.41) is 7.25. The van der Waals surface area contributed by atoms with E-state index in [0.717, 1.165) is 5.69 Å². The third kappa shape index (κ3) is 4.68. The molecule has 5 nitrogen and oxygen atoms in total. The van der Waals surface area contributed by atoms with Gasteiger partial charge in [-0.1, -0.05) is 18.2 Å². The Hall–Kier alpha value is -1.66. The third-order valence-corrected chi connectivity index (χ3v) is 2.63. The Bertz CT molecular complexity index is 408. The van der Waals surface area contributed by atoms with E-state index in [0.29, 0.717) is 11.7 Å². The number of hydrogen-bond donors (Lipinski definition) is 2. The van der Waals surface area contributed by atoms with Crippen LogP contribution in [0.1, 0.15) is 6.42 Å². The average molecular weight is 266 g/mol. The van der Waals surface area contributed by atoms with E-state index < -0.39 is 0 Å². The number of para-hydroxylation sites is 1. The molecule has 0 aromatic heterocycles. The normalized spacial score (nSPS) is 10.2. The first kappa shape index (κ1) is 14.4. The number of rotatable bonds is 5. The molecule has 0 spiro atoms. The molecule has 1 amide bonds. The molecule has 0 aliphatic carbocycles. The zero-order valence-corrected chi connectivity index (χ0v) is 11.4. The Morgan fingerprint density at radius 1 is 1.33 bits per heavy atom. The lowest BCUT2D eigenvalue weighted by molar-refractivity contribution is -0.118. The van der Waals surface area contributed by atoms with Crippen LogP contribution >= 0.6 is 12.2 Å². The maximum Gasteiger partial charge on any atom is 0.219 e. The second-order valence-electron chi connectivity index (χ2n) is 3.98. The number of nitrogens with zero attached hydrogens (tertiary/aromatic N) is 2. The SMILES string of the molecule is CN(C)N(CCC(N)=O)C(=S)Nc1ccccc1. The number of anilines is 1. The highest BCUT2D eigenvalue weighted by molar-refractivity contribution is 7.80. The van der Waals surface area contributed by atoms with Crippen molar-refractivity contribution in [1.82, 2.24) is 10.0 Å². The van der Waals surface area contributed by atoms with Crippen LogP contribution in [0.4, 0.5) is 5.69 Å². The fraction of sp³-hybridized carbons (Fsp3) is 0.333. The molecule has 6 heteroatoms. The molecule has 1 aromatic carbocycles. The van der Waals surface area contributed by atoms with Crippen LogP contribution in [0.5, 0.6) is 0 Å². The maximum absolute atomic E-state index is 10.8. The molecule has 0 saturated carbocycles. The Kier molecular flexibility index (Phi) is 5.54. The Morgan fingerprint density at radius 3 is 2.44 bits per heavy atom. The Labute approximate surface area is 113 Å². The minimum absolute atomic E-state index is 0.259. The molecule has 1 aromatic rings. The van der Waals surface area contributed by atoms with Crippen LogP contribution < -0.4 is 11.1 Å². The Balaban J connectivity index is 2.62. The van der Waals surface area contributed by atoms with Gasteiger partial charge in [0.2, 0.25) is 5.91 Å². The number of hydrogen-bond acceptors (Lipinski definition) is 3. The van der Waals surface area contributed by atoms with Gasteiger partial charge in [0, 0.05) is 32.7 Å². The molecular weight excluding hydrogens is 248 g/mol. The van der Waals surface area contributed by atoms with Crippen LogP contribution in [-0.4, -0.2) is 41.7 Å². The summed E-state index contributed by atoms with van der Waals surface area (Å²) < 4.78 is 0. The number of thiocarbonyl (C=S) groups is 1. The van der Waals surface area contributed by atoms with Crippen molar-refractivity contribution in [2.75, 3.05) is 26.0 Å². The first-order chi connectivity index (χ1) is 8.50. The number of amides is 1. The molecule has 98 valence electrons. The quantitative estimate of drug-likeness (QED) is 0.616. The number of primary amides is 1. The van der Waals surface area contributed by atoms with Gasteiger partial charge in [0.15, 0.2) is 5.11 Å². The average Bonchev–Trinajstić information content (AvgIpc) is 2.29. The minimum atomic E-state index is -0.343. The zero-order chi connectivity index (χ0) is 13.5. The van der Waals surface area contributed by atoms with E-state index in [-0.39, 0.29) is 12.3 Å². The second-order valence-corrected chi connectivity index (χ2v) is 4.37. The van der Waals surface area contributed by atoms with Crippen molar-refractivity contribution in [2.24, 2.45) is 5.73 Å². The summed E-state index contributed by atoms with van der Waals surface area (Å²) in [6.07, 6.45) is 0.259. The number of carbonyl (C=O) groups excluding carboxylic acids is 1. The monoisotopic (exact) mass is 266 g/mol. The molecule has 0 atom stereocenters. The molecule has 1 rings (SSSR count). The predicted octanol–water partition coefficient (Wildman–Crippen LogP) is 1.04. The molecule has 0 saturated heterocycles. The summed E-state index contributed by atoms with van der Waals surface area (Å²) in [6.45, 7) is 0.459. The molecule has 0 aliphatic rings.